The Morgan fingerprint density at radius 2 is 2.21 bits per heavy atom. The molecule has 0 aromatic carbocycles. The third-order valence-corrected chi connectivity index (χ3v) is 5.80. The highest BCUT2D eigenvalue weighted by Gasteiger charge is 2.48. The monoisotopic (exact) mass is 332 g/mol. The van der Waals surface area contributed by atoms with Crippen molar-refractivity contribution in [2.24, 2.45) is 11.3 Å². The number of carboxylic acids is 1. The fourth-order valence-corrected chi connectivity index (χ4v) is 3.94. The Morgan fingerprint density at radius 1 is 1.46 bits per heavy atom. The Labute approximate surface area is 143 Å². The van der Waals surface area contributed by atoms with Gasteiger partial charge >= 0.3 is 5.97 Å². The van der Waals surface area contributed by atoms with E-state index >= 15 is 0 Å². The van der Waals surface area contributed by atoms with E-state index in [1.807, 2.05) is 12.1 Å². The van der Waals surface area contributed by atoms with Gasteiger partial charge in [0.15, 0.2) is 0 Å². The minimum atomic E-state index is -0.728. The molecule has 1 aromatic heterocycles. The molecule has 1 saturated heterocycles. The minimum absolute atomic E-state index is 0.0595. The highest BCUT2D eigenvalue weighted by Crippen LogP contribution is 2.59. The molecule has 2 heterocycles. The average Bonchev–Trinajstić information content (AvgIpc) is 3.40. The number of nitrogens with zero attached hydrogens (tertiary/aromatic N) is 1. The van der Waals surface area contributed by atoms with Crippen molar-refractivity contribution in [3.63, 3.8) is 0 Å². The number of rotatable bonds is 8. The number of hydrogen-bond donors (Lipinski definition) is 2. The second-order valence-corrected chi connectivity index (χ2v) is 7.30. The highest BCUT2D eigenvalue weighted by atomic mass is 16.5. The van der Waals surface area contributed by atoms with Gasteiger partial charge in [0.25, 0.3) is 0 Å². The summed E-state index contributed by atoms with van der Waals surface area (Å²) in [5.74, 6) is 0.545. The molecule has 0 radical (unpaired) electrons. The first-order valence-electron chi connectivity index (χ1n) is 9.14. The van der Waals surface area contributed by atoms with E-state index in [1.54, 1.807) is 6.20 Å². The van der Waals surface area contributed by atoms with E-state index in [0.717, 1.165) is 50.8 Å². The van der Waals surface area contributed by atoms with E-state index in [-0.39, 0.29) is 17.8 Å². The van der Waals surface area contributed by atoms with Crippen LogP contribution in [0.25, 0.3) is 0 Å². The summed E-state index contributed by atoms with van der Waals surface area (Å²) in [5.41, 5.74) is 1.22. The first kappa shape index (κ1) is 17.2. The molecule has 0 bridgehead atoms. The van der Waals surface area contributed by atoms with Crippen LogP contribution in [0, 0.1) is 11.3 Å². The SMILES string of the molecule is CCC1([C@H](CC(=O)O)c2ccnc(OCC3CCNCC3)c2)CC1. The van der Waals surface area contributed by atoms with Gasteiger partial charge in [0, 0.05) is 18.2 Å². The predicted octanol–water partition coefficient (Wildman–Crippen LogP) is 3.21. The van der Waals surface area contributed by atoms with Crippen molar-refractivity contribution >= 4 is 5.97 Å². The molecule has 24 heavy (non-hydrogen) atoms. The van der Waals surface area contributed by atoms with E-state index in [2.05, 4.69) is 17.2 Å². The molecule has 3 rings (SSSR count). The van der Waals surface area contributed by atoms with Crippen molar-refractivity contribution in [1.29, 1.82) is 0 Å². The van der Waals surface area contributed by atoms with Crippen LogP contribution in [0.1, 0.15) is 56.9 Å². The number of carboxylic acid groups (broad SMARTS) is 1. The highest BCUT2D eigenvalue weighted by molar-refractivity contribution is 5.68. The van der Waals surface area contributed by atoms with E-state index < -0.39 is 5.97 Å². The van der Waals surface area contributed by atoms with E-state index in [1.165, 1.54) is 0 Å². The maximum Gasteiger partial charge on any atom is 0.303 e. The van der Waals surface area contributed by atoms with Crippen LogP contribution in [0.3, 0.4) is 0 Å². The molecule has 2 N–H and O–H groups in total. The van der Waals surface area contributed by atoms with Crippen LogP contribution in [0.4, 0.5) is 0 Å². The lowest BCUT2D eigenvalue weighted by Gasteiger charge is -2.26. The van der Waals surface area contributed by atoms with Crippen molar-refractivity contribution in [1.82, 2.24) is 10.3 Å². The fourth-order valence-electron chi connectivity index (χ4n) is 3.94. The average molecular weight is 332 g/mol. The zero-order valence-electron chi connectivity index (χ0n) is 14.5. The van der Waals surface area contributed by atoms with Crippen LogP contribution in [-0.2, 0) is 4.79 Å². The lowest BCUT2D eigenvalue weighted by atomic mass is 9.79. The molecule has 2 fully saturated rings. The first-order valence-corrected chi connectivity index (χ1v) is 9.14. The molecular weight excluding hydrogens is 304 g/mol. The van der Waals surface area contributed by atoms with Crippen molar-refractivity contribution in [2.45, 2.75) is 51.4 Å². The van der Waals surface area contributed by atoms with Crippen LogP contribution in [-0.4, -0.2) is 35.8 Å². The van der Waals surface area contributed by atoms with Gasteiger partial charge in [-0.15, -0.1) is 0 Å². The van der Waals surface area contributed by atoms with Crippen molar-refractivity contribution < 1.29 is 14.6 Å². The standard InChI is InChI=1S/C19H28N2O3/c1-2-19(6-7-19)16(12-18(22)23)15-5-10-21-17(11-15)24-13-14-3-8-20-9-4-14/h5,10-11,14,16,20H,2-4,6-9,12-13H2,1H3,(H,22,23)/t16-/m1/s1. The lowest BCUT2D eigenvalue weighted by Crippen LogP contribution is -2.30. The summed E-state index contributed by atoms with van der Waals surface area (Å²) in [6.07, 6.45) is 7.49. The Balaban J connectivity index is 1.69. The predicted molar refractivity (Wildman–Crippen MR) is 92.3 cm³/mol. The quantitative estimate of drug-likeness (QED) is 0.765. The zero-order valence-corrected chi connectivity index (χ0v) is 14.5. The van der Waals surface area contributed by atoms with Gasteiger partial charge in [0.05, 0.1) is 13.0 Å². The minimum Gasteiger partial charge on any atom is -0.481 e. The van der Waals surface area contributed by atoms with Gasteiger partial charge in [-0.3, -0.25) is 4.79 Å². The molecule has 1 aliphatic carbocycles. The summed E-state index contributed by atoms with van der Waals surface area (Å²) in [6.45, 7) is 4.97. The Hall–Kier alpha value is -1.62. The summed E-state index contributed by atoms with van der Waals surface area (Å²) in [4.78, 5) is 15.7. The first-order chi connectivity index (χ1) is 11.6. The number of piperidine rings is 1. The molecule has 1 atom stereocenters. The molecule has 1 saturated carbocycles. The zero-order chi connectivity index (χ0) is 17.0. The number of aromatic nitrogens is 1. The maximum atomic E-state index is 11.3. The molecule has 132 valence electrons. The van der Waals surface area contributed by atoms with E-state index in [4.69, 9.17) is 4.74 Å². The third-order valence-electron chi connectivity index (χ3n) is 5.80. The summed E-state index contributed by atoms with van der Waals surface area (Å²) < 4.78 is 5.92. The second kappa shape index (κ2) is 7.51. The molecule has 0 spiro atoms. The van der Waals surface area contributed by atoms with E-state index in [0.29, 0.717) is 18.4 Å². The van der Waals surface area contributed by atoms with Gasteiger partial charge < -0.3 is 15.2 Å². The normalized spacial score (nSPS) is 21.2. The molecule has 1 aliphatic heterocycles. The molecule has 5 heteroatoms. The number of carbonyl (C=O) groups is 1. The lowest BCUT2D eigenvalue weighted by molar-refractivity contribution is -0.137. The fraction of sp³-hybridized carbons (Fsp3) is 0.684. The van der Waals surface area contributed by atoms with Crippen LogP contribution in [0.5, 0.6) is 5.88 Å². The number of hydrogen-bond acceptors (Lipinski definition) is 4. The number of pyridine rings is 1. The summed E-state index contributed by atoms with van der Waals surface area (Å²) in [5, 5.41) is 12.7. The van der Waals surface area contributed by atoms with Crippen LogP contribution < -0.4 is 10.1 Å². The van der Waals surface area contributed by atoms with Gasteiger partial charge in [-0.1, -0.05) is 6.92 Å². The molecule has 0 unspecified atom stereocenters. The van der Waals surface area contributed by atoms with Gasteiger partial charge in [0.1, 0.15) is 0 Å². The van der Waals surface area contributed by atoms with E-state index in [9.17, 15) is 9.90 Å². The van der Waals surface area contributed by atoms with Gasteiger partial charge in [0.2, 0.25) is 5.88 Å². The van der Waals surface area contributed by atoms with Crippen LogP contribution in [0.15, 0.2) is 18.3 Å². The molecular formula is C19H28N2O3. The third kappa shape index (κ3) is 4.07. The van der Waals surface area contributed by atoms with Gasteiger partial charge in [-0.2, -0.15) is 0 Å². The summed E-state index contributed by atoms with van der Waals surface area (Å²) in [6, 6.07) is 3.92. The molecule has 5 nitrogen and oxygen atoms in total. The Bertz CT molecular complexity index is 565. The number of aliphatic carboxylic acids is 1. The van der Waals surface area contributed by atoms with Gasteiger partial charge in [-0.25, -0.2) is 4.98 Å². The van der Waals surface area contributed by atoms with Crippen molar-refractivity contribution in [2.75, 3.05) is 19.7 Å². The Kier molecular flexibility index (Phi) is 5.39. The Morgan fingerprint density at radius 3 is 2.83 bits per heavy atom. The van der Waals surface area contributed by atoms with Gasteiger partial charge in [-0.05, 0) is 68.2 Å². The maximum absolute atomic E-state index is 11.3. The topological polar surface area (TPSA) is 71.5 Å². The largest absolute Gasteiger partial charge is 0.481 e. The molecule has 0 amide bonds. The van der Waals surface area contributed by atoms with Crippen molar-refractivity contribution in [3.8, 4) is 5.88 Å². The smallest absolute Gasteiger partial charge is 0.303 e. The summed E-state index contributed by atoms with van der Waals surface area (Å²) in [7, 11) is 0. The number of ether oxygens (including phenoxy) is 1. The van der Waals surface area contributed by atoms with Crippen LogP contribution in [0.2, 0.25) is 0 Å². The summed E-state index contributed by atoms with van der Waals surface area (Å²) >= 11 is 0. The van der Waals surface area contributed by atoms with Crippen LogP contribution >= 0.6 is 0 Å². The number of nitrogens with one attached hydrogen (secondary N) is 1. The second-order valence-electron chi connectivity index (χ2n) is 7.30. The molecule has 1 aromatic rings. The molecule has 2 aliphatic rings. The van der Waals surface area contributed by atoms with Crippen molar-refractivity contribution in [3.05, 3.63) is 23.9 Å².